The summed E-state index contributed by atoms with van der Waals surface area (Å²) in [7, 11) is 0. The summed E-state index contributed by atoms with van der Waals surface area (Å²) in [6, 6.07) is 5.38. The molecule has 0 amide bonds. The fourth-order valence-corrected chi connectivity index (χ4v) is 1.83. The van der Waals surface area contributed by atoms with Gasteiger partial charge in [0.05, 0.1) is 0 Å². The summed E-state index contributed by atoms with van der Waals surface area (Å²) in [5.41, 5.74) is 0.678. The molecule has 3 nitrogen and oxygen atoms in total. The lowest BCUT2D eigenvalue weighted by molar-refractivity contribution is -0.274. The summed E-state index contributed by atoms with van der Waals surface area (Å²) >= 11 is 0. The van der Waals surface area contributed by atoms with E-state index in [9.17, 15) is 18.0 Å². The van der Waals surface area contributed by atoms with E-state index in [1.807, 2.05) is 0 Å². The first-order chi connectivity index (χ1) is 8.44. The van der Waals surface area contributed by atoms with Crippen molar-refractivity contribution in [3.05, 3.63) is 29.8 Å². The molecule has 1 aliphatic heterocycles. The molecule has 1 aromatic carbocycles. The Labute approximate surface area is 102 Å². The highest BCUT2D eigenvalue weighted by Crippen LogP contribution is 2.30. The molecule has 1 aliphatic rings. The van der Waals surface area contributed by atoms with E-state index in [-0.39, 0.29) is 17.8 Å². The van der Waals surface area contributed by atoms with Gasteiger partial charge in [-0.15, -0.1) is 13.2 Å². The Balaban J connectivity index is 2.05. The lowest BCUT2D eigenvalue weighted by Crippen LogP contribution is -2.18. The largest absolute Gasteiger partial charge is 0.573 e. The van der Waals surface area contributed by atoms with Crippen LogP contribution in [0.2, 0.25) is 0 Å². The molecule has 98 valence electrons. The molecule has 0 bridgehead atoms. The average Bonchev–Trinajstić information content (AvgIpc) is 2.28. The number of hydrogen-bond acceptors (Lipinski definition) is 3. The van der Waals surface area contributed by atoms with Crippen LogP contribution in [0.4, 0.5) is 13.2 Å². The number of esters is 1. The third-order valence-electron chi connectivity index (χ3n) is 2.61. The quantitative estimate of drug-likeness (QED) is 0.765. The number of halogens is 3. The maximum absolute atomic E-state index is 12.0. The van der Waals surface area contributed by atoms with Crippen molar-refractivity contribution in [2.24, 2.45) is 0 Å². The van der Waals surface area contributed by atoms with Gasteiger partial charge in [0.1, 0.15) is 11.9 Å². The summed E-state index contributed by atoms with van der Waals surface area (Å²) < 4.78 is 44.7. The Bertz CT molecular complexity index is 425. The highest BCUT2D eigenvalue weighted by molar-refractivity contribution is 5.70. The Morgan fingerprint density at radius 3 is 2.44 bits per heavy atom. The molecule has 1 unspecified atom stereocenters. The van der Waals surface area contributed by atoms with Gasteiger partial charge in [-0.1, -0.05) is 12.1 Å². The molecule has 1 saturated heterocycles. The molecule has 2 rings (SSSR count). The fourth-order valence-electron chi connectivity index (χ4n) is 1.83. The van der Waals surface area contributed by atoms with Gasteiger partial charge in [-0.25, -0.2) is 0 Å². The minimum absolute atomic E-state index is 0.276. The molecule has 1 fully saturated rings. The summed E-state index contributed by atoms with van der Waals surface area (Å²) in [4.78, 5) is 11.1. The van der Waals surface area contributed by atoms with Crippen molar-refractivity contribution >= 4 is 5.97 Å². The maximum Gasteiger partial charge on any atom is 0.573 e. The zero-order valence-corrected chi connectivity index (χ0v) is 9.37. The first kappa shape index (κ1) is 12.7. The molecule has 6 heteroatoms. The monoisotopic (exact) mass is 260 g/mol. The van der Waals surface area contributed by atoms with Gasteiger partial charge < -0.3 is 9.47 Å². The number of hydrogen-bond donors (Lipinski definition) is 0. The van der Waals surface area contributed by atoms with Gasteiger partial charge in [-0.05, 0) is 30.5 Å². The van der Waals surface area contributed by atoms with Crippen LogP contribution in [0.25, 0.3) is 0 Å². The number of carbonyl (C=O) groups is 1. The van der Waals surface area contributed by atoms with Crippen molar-refractivity contribution in [2.75, 3.05) is 0 Å². The van der Waals surface area contributed by atoms with E-state index in [0.29, 0.717) is 18.4 Å². The van der Waals surface area contributed by atoms with Crippen LogP contribution in [-0.4, -0.2) is 12.3 Å². The first-order valence-corrected chi connectivity index (χ1v) is 5.49. The van der Waals surface area contributed by atoms with Gasteiger partial charge in [-0.3, -0.25) is 4.79 Å². The third-order valence-corrected chi connectivity index (χ3v) is 2.61. The van der Waals surface area contributed by atoms with Gasteiger partial charge in [0.25, 0.3) is 0 Å². The van der Waals surface area contributed by atoms with E-state index in [1.165, 1.54) is 24.3 Å². The van der Waals surface area contributed by atoms with Crippen LogP contribution >= 0.6 is 0 Å². The average molecular weight is 260 g/mol. The second kappa shape index (κ2) is 4.88. The minimum Gasteiger partial charge on any atom is -0.457 e. The molecule has 1 atom stereocenters. The highest BCUT2D eigenvalue weighted by Gasteiger charge is 2.31. The van der Waals surface area contributed by atoms with E-state index in [4.69, 9.17) is 4.74 Å². The molecule has 0 aliphatic carbocycles. The Kier molecular flexibility index (Phi) is 3.45. The van der Waals surface area contributed by atoms with Gasteiger partial charge in [-0.2, -0.15) is 0 Å². The molecular weight excluding hydrogens is 249 g/mol. The molecule has 0 aromatic heterocycles. The molecule has 0 spiro atoms. The highest BCUT2D eigenvalue weighted by atomic mass is 19.4. The zero-order chi connectivity index (χ0) is 13.2. The Morgan fingerprint density at radius 2 is 1.89 bits per heavy atom. The summed E-state index contributed by atoms with van der Waals surface area (Å²) in [5.74, 6) is -0.560. The maximum atomic E-state index is 12.0. The van der Waals surface area contributed by atoms with Crippen molar-refractivity contribution in [3.63, 3.8) is 0 Å². The predicted octanol–water partition coefficient (Wildman–Crippen LogP) is 3.35. The van der Waals surface area contributed by atoms with Crippen LogP contribution in [0, 0.1) is 0 Å². The number of cyclic esters (lactones) is 1. The molecule has 0 radical (unpaired) electrons. The van der Waals surface area contributed by atoms with E-state index < -0.39 is 6.36 Å². The summed E-state index contributed by atoms with van der Waals surface area (Å²) in [5, 5.41) is 0. The molecule has 1 aromatic rings. The number of rotatable bonds is 2. The standard InChI is InChI=1S/C12H11F3O3/c13-12(14,15)18-9-6-4-8(5-7-9)10-2-1-3-11(16)17-10/h4-7,10H,1-3H2. The lowest BCUT2D eigenvalue weighted by atomic mass is 10.0. The zero-order valence-electron chi connectivity index (χ0n) is 9.37. The molecule has 0 saturated carbocycles. The van der Waals surface area contributed by atoms with Crippen molar-refractivity contribution in [3.8, 4) is 5.75 Å². The Morgan fingerprint density at radius 1 is 1.22 bits per heavy atom. The van der Waals surface area contributed by atoms with Crippen molar-refractivity contribution in [2.45, 2.75) is 31.7 Å². The first-order valence-electron chi connectivity index (χ1n) is 5.49. The smallest absolute Gasteiger partial charge is 0.457 e. The van der Waals surface area contributed by atoms with Crippen LogP contribution in [0.1, 0.15) is 30.9 Å². The van der Waals surface area contributed by atoms with Crippen LogP contribution in [0.3, 0.4) is 0 Å². The van der Waals surface area contributed by atoms with Gasteiger partial charge >= 0.3 is 12.3 Å². The van der Waals surface area contributed by atoms with Crippen LogP contribution in [0.15, 0.2) is 24.3 Å². The van der Waals surface area contributed by atoms with Crippen molar-refractivity contribution < 1.29 is 27.4 Å². The fraction of sp³-hybridized carbons (Fsp3) is 0.417. The third kappa shape index (κ3) is 3.38. The normalized spacial score (nSPS) is 20.4. The minimum atomic E-state index is -4.70. The second-order valence-electron chi connectivity index (χ2n) is 3.99. The molecule has 1 heterocycles. The number of alkyl halides is 3. The van der Waals surface area contributed by atoms with E-state index in [1.54, 1.807) is 0 Å². The van der Waals surface area contributed by atoms with Crippen LogP contribution in [-0.2, 0) is 9.53 Å². The summed E-state index contributed by atoms with van der Waals surface area (Å²) in [6.45, 7) is 0. The Hall–Kier alpha value is -1.72. The summed E-state index contributed by atoms with van der Waals surface area (Å²) in [6.07, 6.45) is -3.26. The number of ether oxygens (including phenoxy) is 2. The predicted molar refractivity (Wildman–Crippen MR) is 55.8 cm³/mol. The van der Waals surface area contributed by atoms with Crippen molar-refractivity contribution in [1.29, 1.82) is 0 Å². The number of benzene rings is 1. The van der Waals surface area contributed by atoms with Gasteiger partial charge in [0, 0.05) is 6.42 Å². The van der Waals surface area contributed by atoms with Gasteiger partial charge in [0.2, 0.25) is 0 Å². The number of carbonyl (C=O) groups excluding carboxylic acids is 1. The van der Waals surface area contributed by atoms with E-state index in [0.717, 1.165) is 6.42 Å². The SMILES string of the molecule is O=C1CCCC(c2ccc(OC(F)(F)F)cc2)O1. The molecule has 0 N–H and O–H groups in total. The van der Waals surface area contributed by atoms with E-state index >= 15 is 0 Å². The van der Waals surface area contributed by atoms with Crippen LogP contribution in [0.5, 0.6) is 5.75 Å². The molecular formula is C12H11F3O3. The molecule has 18 heavy (non-hydrogen) atoms. The van der Waals surface area contributed by atoms with Gasteiger partial charge in [0.15, 0.2) is 0 Å². The lowest BCUT2D eigenvalue weighted by Gasteiger charge is -2.22. The second-order valence-corrected chi connectivity index (χ2v) is 3.99. The van der Waals surface area contributed by atoms with E-state index in [2.05, 4.69) is 4.74 Å². The van der Waals surface area contributed by atoms with Crippen molar-refractivity contribution in [1.82, 2.24) is 0 Å². The van der Waals surface area contributed by atoms with Crippen LogP contribution < -0.4 is 4.74 Å². The topological polar surface area (TPSA) is 35.5 Å².